The Kier molecular flexibility index (Phi) is 5.95. The lowest BCUT2D eigenvalue weighted by atomic mass is 10.1. The maximum atomic E-state index is 12.6. The quantitative estimate of drug-likeness (QED) is 0.564. The Hall–Kier alpha value is -0.690. The van der Waals surface area contributed by atoms with Gasteiger partial charge in [0, 0.05) is 3.58 Å². The normalized spacial score (nSPS) is 17.9. The van der Waals surface area contributed by atoms with Crippen LogP contribution in [0.3, 0.4) is 0 Å². The molecule has 1 amide bonds. The molecule has 0 fully saturated rings. The number of sulfonamides is 1. The van der Waals surface area contributed by atoms with Crippen LogP contribution in [-0.2, 0) is 14.8 Å². The van der Waals surface area contributed by atoms with Crippen LogP contribution >= 0.6 is 45.2 Å². The molecule has 2 rings (SSSR count). The van der Waals surface area contributed by atoms with Crippen molar-refractivity contribution in [3.63, 3.8) is 0 Å². The molecule has 9 heteroatoms. The van der Waals surface area contributed by atoms with Crippen molar-refractivity contribution in [3.05, 3.63) is 37.5 Å². The minimum atomic E-state index is -3.81. The van der Waals surface area contributed by atoms with E-state index in [4.69, 9.17) is 0 Å². The van der Waals surface area contributed by atoms with Crippen LogP contribution in [0.1, 0.15) is 19.4 Å². The number of benzene rings is 1. The third-order valence-corrected chi connectivity index (χ3v) is 7.33. The van der Waals surface area contributed by atoms with Gasteiger partial charge in [0.2, 0.25) is 5.96 Å². The molecule has 0 atom stereocenters. The van der Waals surface area contributed by atoms with E-state index in [2.05, 4.69) is 54.9 Å². The Bertz CT molecular complexity index is 815. The summed E-state index contributed by atoms with van der Waals surface area (Å²) >= 11 is 4.18. The Balaban J connectivity index is 2.34. The molecule has 6 nitrogen and oxygen atoms in total. The van der Waals surface area contributed by atoms with E-state index in [1.807, 2.05) is 11.0 Å². The summed E-state index contributed by atoms with van der Waals surface area (Å²) < 4.78 is 30.3. The van der Waals surface area contributed by atoms with E-state index in [0.717, 1.165) is 9.14 Å². The zero-order valence-corrected chi connectivity index (χ0v) is 18.5. The van der Waals surface area contributed by atoms with E-state index in [1.54, 1.807) is 26.0 Å². The van der Waals surface area contributed by atoms with Crippen molar-refractivity contribution >= 4 is 67.1 Å². The first-order chi connectivity index (χ1) is 11.1. The van der Waals surface area contributed by atoms with Crippen molar-refractivity contribution in [2.45, 2.75) is 31.2 Å². The number of carbonyl (C=O) groups excluding carboxylic acids is 1. The highest BCUT2D eigenvalue weighted by molar-refractivity contribution is 14.1. The van der Waals surface area contributed by atoms with Gasteiger partial charge in [-0.05, 0) is 59.6 Å². The molecule has 24 heavy (non-hydrogen) atoms. The Morgan fingerprint density at radius 3 is 2.46 bits per heavy atom. The first-order valence-electron chi connectivity index (χ1n) is 7.03. The third kappa shape index (κ3) is 4.28. The number of halogens is 2. The van der Waals surface area contributed by atoms with Crippen LogP contribution in [-0.4, -0.2) is 37.3 Å². The predicted octanol–water partition coefficient (Wildman–Crippen LogP) is 2.96. The molecule has 1 aromatic carbocycles. The summed E-state index contributed by atoms with van der Waals surface area (Å²) in [6, 6.07) is 6.50. The molecule has 1 N–H and O–H groups in total. The number of nitrogens with one attached hydrogen (secondary N) is 1. The molecule has 0 saturated carbocycles. The average Bonchev–Trinajstić information content (AvgIpc) is 2.70. The van der Waals surface area contributed by atoms with Crippen molar-refractivity contribution < 1.29 is 13.2 Å². The fraction of sp³-hybridized carbons (Fsp3) is 0.333. The highest BCUT2D eigenvalue weighted by Crippen LogP contribution is 2.24. The number of guanidine groups is 1. The number of rotatable bonds is 4. The third-order valence-electron chi connectivity index (χ3n) is 3.39. The van der Waals surface area contributed by atoms with Gasteiger partial charge < -0.3 is 0 Å². The number of nitrogens with zero attached hydrogens (tertiary/aromatic N) is 2. The number of aryl methyl sites for hydroxylation is 1. The van der Waals surface area contributed by atoms with E-state index in [0.29, 0.717) is 0 Å². The number of carbonyl (C=O) groups is 1. The van der Waals surface area contributed by atoms with Gasteiger partial charge in [-0.1, -0.05) is 40.3 Å². The summed E-state index contributed by atoms with van der Waals surface area (Å²) in [6.07, 6.45) is 0. The van der Waals surface area contributed by atoms with E-state index in [9.17, 15) is 13.2 Å². The molecule has 1 aliphatic heterocycles. The van der Waals surface area contributed by atoms with Crippen LogP contribution in [0, 0.1) is 6.92 Å². The lowest BCUT2D eigenvalue weighted by Gasteiger charge is -2.20. The monoisotopic (exact) mass is 573 g/mol. The van der Waals surface area contributed by atoms with Gasteiger partial charge in [-0.25, -0.2) is 18.1 Å². The summed E-state index contributed by atoms with van der Waals surface area (Å²) in [5, 5.41) is 0. The van der Waals surface area contributed by atoms with Crippen LogP contribution in [0.4, 0.5) is 0 Å². The zero-order chi connectivity index (χ0) is 18.1. The Morgan fingerprint density at radius 1 is 1.33 bits per heavy atom. The molecule has 0 saturated heterocycles. The van der Waals surface area contributed by atoms with E-state index in [1.165, 1.54) is 17.0 Å². The lowest BCUT2D eigenvalue weighted by molar-refractivity contribution is -0.129. The Morgan fingerprint density at radius 2 is 1.92 bits per heavy atom. The second-order valence-corrected chi connectivity index (χ2v) is 9.55. The molecule has 0 radical (unpaired) electrons. The van der Waals surface area contributed by atoms with Crippen LogP contribution in [0.2, 0.25) is 0 Å². The van der Waals surface area contributed by atoms with E-state index >= 15 is 0 Å². The van der Waals surface area contributed by atoms with Crippen molar-refractivity contribution in [2.75, 3.05) is 6.54 Å². The number of aliphatic imine (C=N–C) groups is 1. The van der Waals surface area contributed by atoms with Crippen LogP contribution < -0.4 is 4.72 Å². The molecule has 1 aliphatic rings. The first kappa shape index (κ1) is 19.6. The average molecular weight is 573 g/mol. The van der Waals surface area contributed by atoms with Gasteiger partial charge in [-0.2, -0.15) is 0 Å². The number of hydrogen-bond donors (Lipinski definition) is 1. The summed E-state index contributed by atoms with van der Waals surface area (Å²) in [7, 11) is -3.81. The lowest BCUT2D eigenvalue weighted by Crippen LogP contribution is -2.46. The predicted molar refractivity (Wildman–Crippen MR) is 111 cm³/mol. The Labute approximate surface area is 169 Å². The fourth-order valence-corrected chi connectivity index (χ4v) is 3.65. The molecular weight excluding hydrogens is 556 g/mol. The number of hydrogen-bond acceptors (Lipinski definition) is 4. The van der Waals surface area contributed by atoms with Gasteiger partial charge in [0.1, 0.15) is 5.54 Å². The van der Waals surface area contributed by atoms with Crippen molar-refractivity contribution in [1.29, 1.82) is 0 Å². The molecule has 1 heterocycles. The van der Waals surface area contributed by atoms with Crippen molar-refractivity contribution in [1.82, 2.24) is 9.62 Å². The van der Waals surface area contributed by atoms with Gasteiger partial charge in [0.15, 0.2) is 0 Å². The molecule has 0 spiro atoms. The molecule has 0 aromatic heterocycles. The summed E-state index contributed by atoms with van der Waals surface area (Å²) in [5.74, 6) is -0.186. The maximum Gasteiger partial charge on any atom is 0.264 e. The van der Waals surface area contributed by atoms with Gasteiger partial charge in [0.25, 0.3) is 15.9 Å². The molecule has 1 aromatic rings. The van der Waals surface area contributed by atoms with E-state index in [-0.39, 0.29) is 23.3 Å². The SMILES string of the molecule is Cc1ccc(S(=O)(=O)NC2=NC(C)(C)C(=O)N2C/C(I)=C\I)cc1. The molecule has 0 bridgehead atoms. The van der Waals surface area contributed by atoms with Gasteiger partial charge in [-0.15, -0.1) is 0 Å². The minimum absolute atomic E-state index is 0.0537. The highest BCUT2D eigenvalue weighted by Gasteiger charge is 2.42. The highest BCUT2D eigenvalue weighted by atomic mass is 127. The number of amides is 1. The van der Waals surface area contributed by atoms with Gasteiger partial charge in [0.05, 0.1) is 11.4 Å². The second kappa shape index (κ2) is 7.28. The second-order valence-electron chi connectivity index (χ2n) is 5.86. The molecule has 130 valence electrons. The zero-order valence-electron chi connectivity index (χ0n) is 13.4. The van der Waals surface area contributed by atoms with Crippen molar-refractivity contribution in [3.8, 4) is 0 Å². The minimum Gasteiger partial charge on any atom is -0.275 e. The maximum absolute atomic E-state index is 12.6. The van der Waals surface area contributed by atoms with Gasteiger partial charge in [-0.3, -0.25) is 9.69 Å². The van der Waals surface area contributed by atoms with Crippen LogP contribution in [0.5, 0.6) is 0 Å². The largest absolute Gasteiger partial charge is 0.275 e. The van der Waals surface area contributed by atoms with Crippen molar-refractivity contribution in [2.24, 2.45) is 4.99 Å². The summed E-state index contributed by atoms with van der Waals surface area (Å²) in [6.45, 7) is 5.49. The molecule has 0 aliphatic carbocycles. The smallest absolute Gasteiger partial charge is 0.264 e. The summed E-state index contributed by atoms with van der Waals surface area (Å²) in [4.78, 5) is 18.3. The topological polar surface area (TPSA) is 78.8 Å². The van der Waals surface area contributed by atoms with E-state index < -0.39 is 15.6 Å². The first-order valence-corrected chi connectivity index (χ1v) is 10.8. The van der Waals surface area contributed by atoms with Crippen LogP contribution in [0.25, 0.3) is 0 Å². The standard InChI is InChI=1S/C15H17I2N3O3S/c1-10-4-6-12(7-5-10)24(22,23)19-14-18-15(2,3)13(21)20(14)9-11(17)8-16/h4-8H,9H2,1-3H3,(H,18,19)/b11-8+. The molecule has 0 unspecified atom stereocenters. The fourth-order valence-electron chi connectivity index (χ4n) is 2.11. The van der Waals surface area contributed by atoms with Gasteiger partial charge >= 0.3 is 0 Å². The van der Waals surface area contributed by atoms with Crippen LogP contribution in [0.15, 0.2) is 41.8 Å². The molecular formula is C15H17I2N3O3S. The summed E-state index contributed by atoms with van der Waals surface area (Å²) in [5.41, 5.74) is -0.0281.